The quantitative estimate of drug-likeness (QED) is 0.900. The highest BCUT2D eigenvalue weighted by Gasteiger charge is 2.11. The van der Waals surface area contributed by atoms with Gasteiger partial charge in [-0.05, 0) is 26.0 Å². The van der Waals surface area contributed by atoms with Gasteiger partial charge in [-0.3, -0.25) is 0 Å². The van der Waals surface area contributed by atoms with Crippen LogP contribution in [0.25, 0.3) is 0 Å². The molecule has 18 heavy (non-hydrogen) atoms. The lowest BCUT2D eigenvalue weighted by atomic mass is 10.3. The first-order valence-electron chi connectivity index (χ1n) is 5.28. The minimum absolute atomic E-state index is 0.122. The molecule has 1 N–H and O–H groups in total. The highest BCUT2D eigenvalue weighted by atomic mass is 79.9. The number of halogens is 3. The van der Waals surface area contributed by atoms with Crippen LogP contribution in [0.1, 0.15) is 15.6 Å². The van der Waals surface area contributed by atoms with Crippen LogP contribution in [-0.4, -0.2) is 4.98 Å². The van der Waals surface area contributed by atoms with Crippen molar-refractivity contribution in [3.63, 3.8) is 0 Å². The predicted octanol–water partition coefficient (Wildman–Crippen LogP) is 4.41. The Labute approximate surface area is 116 Å². The normalized spacial score (nSPS) is 10.7. The second-order valence-corrected chi connectivity index (χ2v) is 6.05. The lowest BCUT2D eigenvalue weighted by Crippen LogP contribution is -2.03. The van der Waals surface area contributed by atoms with E-state index in [2.05, 4.69) is 26.2 Å². The molecule has 0 saturated carbocycles. The molecule has 0 spiro atoms. The van der Waals surface area contributed by atoms with Crippen LogP contribution in [0.3, 0.4) is 0 Å². The largest absolute Gasteiger partial charge is 0.374 e. The van der Waals surface area contributed by atoms with Gasteiger partial charge < -0.3 is 5.32 Å². The zero-order valence-electron chi connectivity index (χ0n) is 9.85. The molecule has 0 amide bonds. The third kappa shape index (κ3) is 2.87. The third-order valence-electron chi connectivity index (χ3n) is 2.50. The first-order chi connectivity index (χ1) is 8.47. The number of thiazole rings is 1. The van der Waals surface area contributed by atoms with Crippen molar-refractivity contribution in [1.82, 2.24) is 4.98 Å². The zero-order valence-corrected chi connectivity index (χ0v) is 12.3. The van der Waals surface area contributed by atoms with Gasteiger partial charge in [0.15, 0.2) is 0 Å². The number of aromatic nitrogens is 1. The van der Waals surface area contributed by atoms with E-state index in [4.69, 9.17) is 0 Å². The molecule has 0 saturated heterocycles. The van der Waals surface area contributed by atoms with E-state index in [0.29, 0.717) is 11.0 Å². The van der Waals surface area contributed by atoms with Crippen molar-refractivity contribution in [2.45, 2.75) is 20.4 Å². The maximum absolute atomic E-state index is 13.5. The number of hydrogen-bond donors (Lipinski definition) is 1. The van der Waals surface area contributed by atoms with Gasteiger partial charge in [0.25, 0.3) is 0 Å². The van der Waals surface area contributed by atoms with Crippen molar-refractivity contribution in [3.05, 3.63) is 43.8 Å². The molecule has 1 aromatic heterocycles. The van der Waals surface area contributed by atoms with Crippen LogP contribution in [0.15, 0.2) is 16.6 Å². The Morgan fingerprint density at radius 2 is 1.89 bits per heavy atom. The van der Waals surface area contributed by atoms with Crippen LogP contribution in [0, 0.1) is 25.5 Å². The maximum atomic E-state index is 13.5. The molecule has 1 aromatic carbocycles. The highest BCUT2D eigenvalue weighted by molar-refractivity contribution is 9.10. The van der Waals surface area contributed by atoms with E-state index in [1.807, 2.05) is 13.8 Å². The van der Waals surface area contributed by atoms with E-state index in [-0.39, 0.29) is 5.69 Å². The monoisotopic (exact) mass is 332 g/mol. The average Bonchev–Trinajstić information content (AvgIpc) is 2.56. The van der Waals surface area contributed by atoms with Crippen molar-refractivity contribution in [2.24, 2.45) is 0 Å². The van der Waals surface area contributed by atoms with E-state index in [1.54, 1.807) is 0 Å². The third-order valence-corrected chi connectivity index (χ3v) is 4.03. The SMILES string of the molecule is Cc1nc(CNc2c(F)cc(Br)cc2F)sc1C. The molecule has 2 aromatic rings. The Morgan fingerprint density at radius 1 is 1.28 bits per heavy atom. The summed E-state index contributed by atoms with van der Waals surface area (Å²) in [5, 5.41) is 3.55. The smallest absolute Gasteiger partial charge is 0.150 e. The van der Waals surface area contributed by atoms with Crippen LogP contribution in [0.4, 0.5) is 14.5 Å². The summed E-state index contributed by atoms with van der Waals surface area (Å²) in [5.74, 6) is -1.24. The molecule has 0 radical (unpaired) electrons. The number of hydrogen-bond acceptors (Lipinski definition) is 3. The van der Waals surface area contributed by atoms with Gasteiger partial charge in [-0.2, -0.15) is 0 Å². The van der Waals surface area contributed by atoms with Gasteiger partial charge in [0.05, 0.1) is 12.2 Å². The summed E-state index contributed by atoms with van der Waals surface area (Å²) in [6, 6.07) is 2.45. The standard InChI is InChI=1S/C12H11BrF2N2S/c1-6-7(2)18-11(17-6)5-16-12-9(14)3-8(13)4-10(12)15/h3-4,16H,5H2,1-2H3. The molecule has 6 heteroatoms. The second-order valence-electron chi connectivity index (χ2n) is 3.85. The zero-order chi connectivity index (χ0) is 13.3. The van der Waals surface area contributed by atoms with Crippen LogP contribution in [0.5, 0.6) is 0 Å². The molecule has 0 aliphatic carbocycles. The molecule has 0 bridgehead atoms. The van der Waals surface area contributed by atoms with E-state index in [9.17, 15) is 8.78 Å². The number of benzene rings is 1. The van der Waals surface area contributed by atoms with E-state index in [1.165, 1.54) is 23.5 Å². The average molecular weight is 333 g/mol. The number of nitrogens with zero attached hydrogens (tertiary/aromatic N) is 1. The summed E-state index contributed by atoms with van der Waals surface area (Å²) in [7, 11) is 0. The van der Waals surface area contributed by atoms with Crippen molar-refractivity contribution in [1.29, 1.82) is 0 Å². The number of aryl methyl sites for hydroxylation is 2. The molecular weight excluding hydrogens is 322 g/mol. The van der Waals surface area contributed by atoms with Gasteiger partial charge in [0.1, 0.15) is 22.3 Å². The van der Waals surface area contributed by atoms with E-state index >= 15 is 0 Å². The fourth-order valence-corrected chi connectivity index (χ4v) is 2.77. The number of anilines is 1. The Hall–Kier alpha value is -1.01. The van der Waals surface area contributed by atoms with Crippen LogP contribution >= 0.6 is 27.3 Å². The molecule has 1 heterocycles. The highest BCUT2D eigenvalue weighted by Crippen LogP contribution is 2.25. The Balaban J connectivity index is 2.15. The molecule has 96 valence electrons. The molecule has 0 aliphatic rings. The van der Waals surface area contributed by atoms with Gasteiger partial charge in [-0.1, -0.05) is 15.9 Å². The topological polar surface area (TPSA) is 24.9 Å². The molecule has 0 atom stereocenters. The fourth-order valence-electron chi connectivity index (χ4n) is 1.49. The summed E-state index contributed by atoms with van der Waals surface area (Å²) in [4.78, 5) is 5.42. The number of nitrogens with one attached hydrogen (secondary N) is 1. The van der Waals surface area contributed by atoms with Crippen LogP contribution < -0.4 is 5.32 Å². The minimum Gasteiger partial charge on any atom is -0.374 e. The summed E-state index contributed by atoms with van der Waals surface area (Å²) in [6.07, 6.45) is 0. The van der Waals surface area contributed by atoms with Crippen LogP contribution in [-0.2, 0) is 6.54 Å². The first kappa shape index (κ1) is 13.4. The van der Waals surface area contributed by atoms with Gasteiger partial charge in [-0.15, -0.1) is 11.3 Å². The van der Waals surface area contributed by atoms with Gasteiger partial charge >= 0.3 is 0 Å². The molecule has 2 nitrogen and oxygen atoms in total. The van der Waals surface area contributed by atoms with Crippen LogP contribution in [0.2, 0.25) is 0 Å². The molecule has 0 aliphatic heterocycles. The molecule has 2 rings (SSSR count). The van der Waals surface area contributed by atoms with E-state index in [0.717, 1.165) is 15.6 Å². The number of rotatable bonds is 3. The minimum atomic E-state index is -0.619. The van der Waals surface area contributed by atoms with E-state index < -0.39 is 11.6 Å². The molecular formula is C12H11BrF2N2S. The summed E-state index contributed by atoms with van der Waals surface area (Å²) in [5.41, 5.74) is 0.831. The van der Waals surface area contributed by atoms with Crippen molar-refractivity contribution in [3.8, 4) is 0 Å². The molecule has 0 fully saturated rings. The Bertz CT molecular complexity index is 541. The van der Waals surface area contributed by atoms with Gasteiger partial charge in [0, 0.05) is 9.35 Å². The van der Waals surface area contributed by atoms with Gasteiger partial charge in [0.2, 0.25) is 0 Å². The predicted molar refractivity (Wildman–Crippen MR) is 73.0 cm³/mol. The Kier molecular flexibility index (Phi) is 3.97. The fraction of sp³-hybridized carbons (Fsp3) is 0.250. The second kappa shape index (κ2) is 5.32. The molecule has 0 unspecified atom stereocenters. The Morgan fingerprint density at radius 3 is 2.39 bits per heavy atom. The van der Waals surface area contributed by atoms with Crippen molar-refractivity contribution >= 4 is 33.0 Å². The van der Waals surface area contributed by atoms with Crippen molar-refractivity contribution < 1.29 is 8.78 Å². The summed E-state index contributed by atoms with van der Waals surface area (Å²) in [6.45, 7) is 4.20. The lowest BCUT2D eigenvalue weighted by molar-refractivity contribution is 0.586. The summed E-state index contributed by atoms with van der Waals surface area (Å²) < 4.78 is 27.5. The van der Waals surface area contributed by atoms with Crippen molar-refractivity contribution in [2.75, 3.05) is 5.32 Å². The van der Waals surface area contributed by atoms with Gasteiger partial charge in [-0.25, -0.2) is 13.8 Å². The summed E-state index contributed by atoms with van der Waals surface area (Å²) >= 11 is 4.56. The lowest BCUT2D eigenvalue weighted by Gasteiger charge is -2.07. The maximum Gasteiger partial charge on any atom is 0.150 e. The first-order valence-corrected chi connectivity index (χ1v) is 6.89.